The van der Waals surface area contributed by atoms with Gasteiger partial charge in [-0.15, -0.1) is 0 Å². The van der Waals surface area contributed by atoms with E-state index in [4.69, 9.17) is 9.47 Å². The number of aryl methyl sites for hydroxylation is 1. The summed E-state index contributed by atoms with van der Waals surface area (Å²) in [6.45, 7) is 5.54. The van der Waals surface area contributed by atoms with Crippen molar-refractivity contribution in [1.82, 2.24) is 4.90 Å². The lowest BCUT2D eigenvalue weighted by molar-refractivity contribution is 0.121. The first-order valence-corrected chi connectivity index (χ1v) is 7.81. The molecule has 1 fully saturated rings. The number of methoxy groups -OCH3 is 1. The van der Waals surface area contributed by atoms with Gasteiger partial charge >= 0.3 is 0 Å². The van der Waals surface area contributed by atoms with Crippen molar-refractivity contribution in [3.8, 4) is 5.75 Å². The standard InChI is InChI=1S/C17H27NO2/c1-19-17-9-4-7-16(15-17)8-5-13-20-14-6-12-18-10-2-3-11-18/h4,7,9,15H,2-3,5-6,8,10-14H2,1H3. The molecule has 0 N–H and O–H groups in total. The molecule has 0 atom stereocenters. The third-order valence-corrected chi connectivity index (χ3v) is 3.85. The highest BCUT2D eigenvalue weighted by molar-refractivity contribution is 5.28. The Morgan fingerprint density at radius 3 is 2.70 bits per heavy atom. The Balaban J connectivity index is 1.48. The molecule has 1 saturated heterocycles. The molecule has 0 amide bonds. The van der Waals surface area contributed by atoms with Gasteiger partial charge in [0.05, 0.1) is 7.11 Å². The molecule has 0 bridgehead atoms. The number of rotatable bonds is 9. The van der Waals surface area contributed by atoms with Gasteiger partial charge in [0.1, 0.15) is 5.75 Å². The minimum Gasteiger partial charge on any atom is -0.497 e. The molecule has 0 spiro atoms. The Morgan fingerprint density at radius 1 is 1.10 bits per heavy atom. The monoisotopic (exact) mass is 277 g/mol. The average molecular weight is 277 g/mol. The van der Waals surface area contributed by atoms with Crippen molar-refractivity contribution in [3.63, 3.8) is 0 Å². The Morgan fingerprint density at radius 2 is 1.90 bits per heavy atom. The smallest absolute Gasteiger partial charge is 0.119 e. The molecule has 3 heteroatoms. The van der Waals surface area contributed by atoms with Gasteiger partial charge in [-0.1, -0.05) is 12.1 Å². The molecule has 0 aliphatic carbocycles. The van der Waals surface area contributed by atoms with Gasteiger partial charge in [-0.25, -0.2) is 0 Å². The van der Waals surface area contributed by atoms with Crippen LogP contribution in [0.5, 0.6) is 5.75 Å². The summed E-state index contributed by atoms with van der Waals surface area (Å²) in [7, 11) is 1.71. The van der Waals surface area contributed by atoms with Crippen LogP contribution < -0.4 is 4.74 Å². The van der Waals surface area contributed by atoms with Crippen molar-refractivity contribution in [1.29, 1.82) is 0 Å². The molecule has 1 aromatic rings. The normalized spacial score (nSPS) is 15.7. The lowest BCUT2D eigenvalue weighted by Gasteiger charge is -2.14. The van der Waals surface area contributed by atoms with Crippen LogP contribution in [0.4, 0.5) is 0 Å². The second kappa shape index (κ2) is 8.98. The predicted octanol–water partition coefficient (Wildman–Crippen LogP) is 3.13. The summed E-state index contributed by atoms with van der Waals surface area (Å²) in [5.41, 5.74) is 1.32. The summed E-state index contributed by atoms with van der Waals surface area (Å²) in [5.74, 6) is 0.939. The zero-order chi connectivity index (χ0) is 14.0. The summed E-state index contributed by atoms with van der Waals surface area (Å²) >= 11 is 0. The maximum Gasteiger partial charge on any atom is 0.119 e. The van der Waals surface area contributed by atoms with Crippen LogP contribution in [-0.2, 0) is 11.2 Å². The maximum absolute atomic E-state index is 5.71. The van der Waals surface area contributed by atoms with Gasteiger partial charge in [0.25, 0.3) is 0 Å². The molecular weight excluding hydrogens is 250 g/mol. The topological polar surface area (TPSA) is 21.7 Å². The molecule has 112 valence electrons. The largest absolute Gasteiger partial charge is 0.497 e. The third-order valence-electron chi connectivity index (χ3n) is 3.85. The fourth-order valence-electron chi connectivity index (χ4n) is 2.70. The van der Waals surface area contributed by atoms with Crippen molar-refractivity contribution in [2.75, 3.05) is 40.0 Å². The number of likely N-dealkylation sites (tertiary alicyclic amines) is 1. The third kappa shape index (κ3) is 5.51. The van der Waals surface area contributed by atoms with Crippen LogP contribution in [0.3, 0.4) is 0 Å². The molecule has 20 heavy (non-hydrogen) atoms. The van der Waals surface area contributed by atoms with Crippen molar-refractivity contribution >= 4 is 0 Å². The van der Waals surface area contributed by atoms with Crippen molar-refractivity contribution in [2.24, 2.45) is 0 Å². The van der Waals surface area contributed by atoms with Crippen LogP contribution in [-0.4, -0.2) is 44.9 Å². The van der Waals surface area contributed by atoms with Crippen LogP contribution in [0.2, 0.25) is 0 Å². The molecule has 0 radical (unpaired) electrons. The van der Waals surface area contributed by atoms with E-state index in [-0.39, 0.29) is 0 Å². The van der Waals surface area contributed by atoms with E-state index in [2.05, 4.69) is 17.0 Å². The fraction of sp³-hybridized carbons (Fsp3) is 0.647. The number of nitrogens with zero attached hydrogens (tertiary/aromatic N) is 1. The van der Waals surface area contributed by atoms with Gasteiger partial charge in [0.15, 0.2) is 0 Å². The quantitative estimate of drug-likeness (QED) is 0.647. The maximum atomic E-state index is 5.71. The Bertz CT molecular complexity index is 375. The summed E-state index contributed by atoms with van der Waals surface area (Å²) in [4.78, 5) is 2.54. The summed E-state index contributed by atoms with van der Waals surface area (Å²) < 4.78 is 10.9. The molecule has 1 aliphatic heterocycles. The highest BCUT2D eigenvalue weighted by Crippen LogP contribution is 2.14. The molecular formula is C17H27NO2. The molecule has 0 unspecified atom stereocenters. The first kappa shape index (κ1) is 15.3. The Kier molecular flexibility index (Phi) is 6.89. The summed E-state index contributed by atoms with van der Waals surface area (Å²) in [6.07, 6.45) is 6.06. The molecule has 1 aliphatic rings. The van der Waals surface area contributed by atoms with Crippen LogP contribution in [0.15, 0.2) is 24.3 Å². The average Bonchev–Trinajstić information content (AvgIpc) is 3.00. The lowest BCUT2D eigenvalue weighted by atomic mass is 10.1. The minimum absolute atomic E-state index is 0.858. The summed E-state index contributed by atoms with van der Waals surface area (Å²) in [5, 5.41) is 0. The number of hydrogen-bond donors (Lipinski definition) is 0. The van der Waals surface area contributed by atoms with Gasteiger partial charge in [-0.2, -0.15) is 0 Å². The van der Waals surface area contributed by atoms with Gasteiger partial charge in [0, 0.05) is 19.8 Å². The van der Waals surface area contributed by atoms with E-state index in [0.717, 1.165) is 31.8 Å². The van der Waals surface area contributed by atoms with Gasteiger partial charge in [-0.05, 0) is 62.9 Å². The van der Waals surface area contributed by atoms with E-state index in [0.29, 0.717) is 0 Å². The van der Waals surface area contributed by atoms with Crippen LogP contribution in [0.25, 0.3) is 0 Å². The van der Waals surface area contributed by atoms with Gasteiger partial charge < -0.3 is 14.4 Å². The van der Waals surface area contributed by atoms with E-state index < -0.39 is 0 Å². The molecule has 0 aromatic heterocycles. The van der Waals surface area contributed by atoms with E-state index in [9.17, 15) is 0 Å². The molecule has 0 saturated carbocycles. The summed E-state index contributed by atoms with van der Waals surface area (Å²) in [6, 6.07) is 8.28. The predicted molar refractivity (Wildman–Crippen MR) is 82.4 cm³/mol. The molecule has 2 rings (SSSR count). The van der Waals surface area contributed by atoms with E-state index in [1.54, 1.807) is 7.11 Å². The highest BCUT2D eigenvalue weighted by atomic mass is 16.5. The first-order chi connectivity index (χ1) is 9.88. The highest BCUT2D eigenvalue weighted by Gasteiger charge is 2.09. The van der Waals surface area contributed by atoms with Gasteiger partial charge in [-0.3, -0.25) is 0 Å². The second-order valence-electron chi connectivity index (χ2n) is 5.47. The van der Waals surface area contributed by atoms with Crippen molar-refractivity contribution in [2.45, 2.75) is 32.1 Å². The molecule has 1 aromatic carbocycles. The van der Waals surface area contributed by atoms with E-state index in [1.165, 1.54) is 44.5 Å². The van der Waals surface area contributed by atoms with Crippen LogP contribution in [0, 0.1) is 0 Å². The fourth-order valence-corrected chi connectivity index (χ4v) is 2.70. The van der Waals surface area contributed by atoms with Crippen molar-refractivity contribution < 1.29 is 9.47 Å². The molecule has 1 heterocycles. The Hall–Kier alpha value is -1.06. The number of ether oxygens (including phenoxy) is 2. The Labute approximate surface area is 122 Å². The van der Waals surface area contributed by atoms with Crippen molar-refractivity contribution in [3.05, 3.63) is 29.8 Å². The van der Waals surface area contributed by atoms with E-state index >= 15 is 0 Å². The zero-order valence-electron chi connectivity index (χ0n) is 12.6. The first-order valence-electron chi connectivity index (χ1n) is 7.81. The van der Waals surface area contributed by atoms with Crippen LogP contribution >= 0.6 is 0 Å². The number of hydrogen-bond acceptors (Lipinski definition) is 3. The second-order valence-corrected chi connectivity index (χ2v) is 5.47. The lowest BCUT2D eigenvalue weighted by Crippen LogP contribution is -2.21. The molecule has 3 nitrogen and oxygen atoms in total. The minimum atomic E-state index is 0.858. The van der Waals surface area contributed by atoms with Crippen LogP contribution in [0.1, 0.15) is 31.2 Å². The SMILES string of the molecule is COc1cccc(CCCOCCCN2CCCC2)c1. The van der Waals surface area contributed by atoms with E-state index in [1.807, 2.05) is 12.1 Å². The zero-order valence-corrected chi connectivity index (χ0v) is 12.6. The van der Waals surface area contributed by atoms with Gasteiger partial charge in [0.2, 0.25) is 0 Å². The number of benzene rings is 1.